The van der Waals surface area contributed by atoms with Crippen LogP contribution < -0.4 is 14.8 Å². The smallest absolute Gasteiger partial charge is 0.226 e. The van der Waals surface area contributed by atoms with Crippen molar-refractivity contribution in [1.29, 1.82) is 0 Å². The summed E-state index contributed by atoms with van der Waals surface area (Å²) in [6.45, 7) is 0. The maximum atomic E-state index is 6.01. The molecule has 26 heavy (non-hydrogen) atoms. The van der Waals surface area contributed by atoms with Gasteiger partial charge in [-0.1, -0.05) is 23.7 Å². The number of anilines is 1. The van der Waals surface area contributed by atoms with Crippen LogP contribution in [-0.2, 0) is 0 Å². The number of allylic oxidation sites excluding steroid dienone is 1. The van der Waals surface area contributed by atoms with Gasteiger partial charge in [-0.05, 0) is 35.9 Å². The van der Waals surface area contributed by atoms with Crippen LogP contribution in [0.15, 0.2) is 54.9 Å². The zero-order chi connectivity index (χ0) is 18.1. The second-order valence-corrected chi connectivity index (χ2v) is 6.23. The van der Waals surface area contributed by atoms with E-state index in [4.69, 9.17) is 21.1 Å². The van der Waals surface area contributed by atoms with Gasteiger partial charge in [-0.2, -0.15) is 10.1 Å². The number of hydrogen-bond acceptors (Lipinski definition) is 5. The third-order valence-corrected chi connectivity index (χ3v) is 4.57. The number of nitrogens with zero attached hydrogens (tertiary/aromatic N) is 3. The predicted octanol–water partition coefficient (Wildman–Crippen LogP) is 4.00. The number of methoxy groups -OCH3 is 2. The lowest BCUT2D eigenvalue weighted by Gasteiger charge is -2.25. The van der Waals surface area contributed by atoms with Crippen molar-refractivity contribution in [3.05, 3.63) is 71.0 Å². The number of rotatable bonds is 4. The van der Waals surface area contributed by atoms with Crippen molar-refractivity contribution < 1.29 is 9.47 Å². The van der Waals surface area contributed by atoms with Gasteiger partial charge in [0.15, 0.2) is 0 Å². The molecule has 3 aromatic rings. The van der Waals surface area contributed by atoms with Crippen LogP contribution in [0, 0.1) is 0 Å². The third-order valence-electron chi connectivity index (χ3n) is 4.32. The molecule has 0 saturated carbocycles. The molecule has 2 heterocycles. The van der Waals surface area contributed by atoms with E-state index in [0.29, 0.717) is 11.0 Å². The van der Waals surface area contributed by atoms with Crippen LogP contribution >= 0.6 is 11.6 Å². The number of halogens is 1. The van der Waals surface area contributed by atoms with Crippen molar-refractivity contribution >= 4 is 23.2 Å². The van der Waals surface area contributed by atoms with Crippen LogP contribution in [0.4, 0.5) is 5.95 Å². The second kappa shape index (κ2) is 6.72. The van der Waals surface area contributed by atoms with Gasteiger partial charge in [0.05, 0.1) is 14.2 Å². The Morgan fingerprint density at radius 1 is 1.08 bits per heavy atom. The van der Waals surface area contributed by atoms with Gasteiger partial charge in [0.1, 0.15) is 23.9 Å². The van der Waals surface area contributed by atoms with Gasteiger partial charge in [-0.25, -0.2) is 4.68 Å². The molecular formula is C19H17ClN4O2. The Hall–Kier alpha value is -2.99. The van der Waals surface area contributed by atoms with E-state index in [1.807, 2.05) is 47.1 Å². The summed E-state index contributed by atoms with van der Waals surface area (Å²) in [6, 6.07) is 13.2. The molecule has 1 atom stereocenters. The molecular weight excluding hydrogens is 352 g/mol. The first-order chi connectivity index (χ1) is 12.7. The van der Waals surface area contributed by atoms with E-state index < -0.39 is 0 Å². The Bertz CT molecular complexity index is 966. The van der Waals surface area contributed by atoms with E-state index in [-0.39, 0.29) is 6.04 Å². The number of nitrogens with one attached hydrogen (secondary N) is 1. The summed E-state index contributed by atoms with van der Waals surface area (Å²) in [7, 11) is 3.28. The lowest BCUT2D eigenvalue weighted by Crippen LogP contribution is -2.20. The van der Waals surface area contributed by atoms with E-state index in [1.54, 1.807) is 14.2 Å². The Labute approximate surface area is 156 Å². The molecule has 1 N–H and O–H groups in total. The highest BCUT2D eigenvalue weighted by Crippen LogP contribution is 2.37. The van der Waals surface area contributed by atoms with Crippen LogP contribution in [0.5, 0.6) is 11.5 Å². The standard InChI is InChI=1S/C19H17ClN4O2/c1-25-14-7-8-15(18(9-14)26-2)17-10-16(12-3-5-13(20)6-4-12)23-19-21-11-22-24(17)19/h3-11,17H,1-2H3,(H,21,22,23)/t17-/m0/s1. The van der Waals surface area contributed by atoms with Gasteiger partial charge in [0.2, 0.25) is 5.95 Å². The van der Waals surface area contributed by atoms with Gasteiger partial charge in [0.25, 0.3) is 0 Å². The number of benzene rings is 2. The highest BCUT2D eigenvalue weighted by molar-refractivity contribution is 6.30. The minimum atomic E-state index is -0.166. The second-order valence-electron chi connectivity index (χ2n) is 5.79. The zero-order valence-corrected chi connectivity index (χ0v) is 15.1. The van der Waals surface area contributed by atoms with Crippen LogP contribution in [0.25, 0.3) is 5.70 Å². The van der Waals surface area contributed by atoms with Crippen LogP contribution in [0.1, 0.15) is 17.2 Å². The quantitative estimate of drug-likeness (QED) is 0.754. The first-order valence-electron chi connectivity index (χ1n) is 8.06. The predicted molar refractivity (Wildman–Crippen MR) is 101 cm³/mol. The molecule has 0 amide bonds. The topological polar surface area (TPSA) is 61.2 Å². The molecule has 6 nitrogen and oxygen atoms in total. The van der Waals surface area contributed by atoms with Crippen LogP contribution in [0.2, 0.25) is 5.02 Å². The summed E-state index contributed by atoms with van der Waals surface area (Å²) >= 11 is 6.01. The van der Waals surface area contributed by atoms with Crippen molar-refractivity contribution in [2.75, 3.05) is 19.5 Å². The first kappa shape index (κ1) is 16.5. The van der Waals surface area contributed by atoms with Gasteiger partial charge in [-0.15, -0.1) is 0 Å². The largest absolute Gasteiger partial charge is 0.497 e. The zero-order valence-electron chi connectivity index (χ0n) is 14.3. The molecule has 1 aliphatic heterocycles. The van der Waals surface area contributed by atoms with Crippen LogP contribution in [-0.4, -0.2) is 29.0 Å². The summed E-state index contributed by atoms with van der Waals surface area (Å²) in [4.78, 5) is 4.32. The normalized spacial score (nSPS) is 15.7. The minimum Gasteiger partial charge on any atom is -0.497 e. The fourth-order valence-electron chi connectivity index (χ4n) is 3.02. The Morgan fingerprint density at radius 2 is 1.88 bits per heavy atom. The average molecular weight is 369 g/mol. The summed E-state index contributed by atoms with van der Waals surface area (Å²) < 4.78 is 12.7. The minimum absolute atomic E-state index is 0.166. The maximum absolute atomic E-state index is 6.01. The third kappa shape index (κ3) is 2.88. The Morgan fingerprint density at radius 3 is 2.62 bits per heavy atom. The van der Waals surface area contributed by atoms with Gasteiger partial charge in [0, 0.05) is 22.3 Å². The van der Waals surface area contributed by atoms with E-state index in [9.17, 15) is 0 Å². The molecule has 0 aliphatic carbocycles. The summed E-state index contributed by atoms with van der Waals surface area (Å²) in [5, 5.41) is 8.38. The van der Waals surface area contributed by atoms with Crippen molar-refractivity contribution in [3.63, 3.8) is 0 Å². The Kier molecular flexibility index (Phi) is 4.26. The van der Waals surface area contributed by atoms with E-state index in [0.717, 1.165) is 28.3 Å². The van der Waals surface area contributed by atoms with Crippen molar-refractivity contribution in [2.45, 2.75) is 6.04 Å². The molecule has 132 valence electrons. The molecule has 0 radical (unpaired) electrons. The molecule has 4 rings (SSSR count). The van der Waals surface area contributed by atoms with E-state index >= 15 is 0 Å². The fourth-order valence-corrected chi connectivity index (χ4v) is 3.14. The molecule has 0 spiro atoms. The van der Waals surface area contributed by atoms with Gasteiger partial charge in [-0.3, -0.25) is 0 Å². The molecule has 7 heteroatoms. The van der Waals surface area contributed by atoms with Gasteiger partial charge < -0.3 is 14.8 Å². The van der Waals surface area contributed by atoms with Crippen molar-refractivity contribution in [1.82, 2.24) is 14.8 Å². The fraction of sp³-hybridized carbons (Fsp3) is 0.158. The van der Waals surface area contributed by atoms with Crippen LogP contribution in [0.3, 0.4) is 0 Å². The number of ether oxygens (including phenoxy) is 2. The highest BCUT2D eigenvalue weighted by atomic mass is 35.5. The SMILES string of the molecule is COc1ccc([C@@H]2C=C(c3ccc(Cl)cc3)Nc3ncnn32)c(OC)c1. The van der Waals surface area contributed by atoms with Crippen molar-refractivity contribution in [2.24, 2.45) is 0 Å². The highest BCUT2D eigenvalue weighted by Gasteiger charge is 2.26. The molecule has 0 bridgehead atoms. The number of hydrogen-bond donors (Lipinski definition) is 1. The van der Waals surface area contributed by atoms with Gasteiger partial charge >= 0.3 is 0 Å². The summed E-state index contributed by atoms with van der Waals surface area (Å²) in [6.07, 6.45) is 3.62. The lowest BCUT2D eigenvalue weighted by molar-refractivity contribution is 0.387. The van der Waals surface area contributed by atoms with E-state index in [1.165, 1.54) is 6.33 Å². The molecule has 1 aliphatic rings. The first-order valence-corrected chi connectivity index (χ1v) is 8.43. The van der Waals surface area contributed by atoms with Crippen molar-refractivity contribution in [3.8, 4) is 11.5 Å². The molecule has 0 saturated heterocycles. The molecule has 0 unspecified atom stereocenters. The lowest BCUT2D eigenvalue weighted by atomic mass is 10.0. The Balaban J connectivity index is 1.82. The monoisotopic (exact) mass is 368 g/mol. The molecule has 2 aromatic carbocycles. The van der Waals surface area contributed by atoms with E-state index in [2.05, 4.69) is 21.5 Å². The summed E-state index contributed by atoms with van der Waals surface area (Å²) in [5.74, 6) is 2.13. The molecule has 0 fully saturated rings. The number of fused-ring (bicyclic) bond motifs is 1. The average Bonchev–Trinajstić information content (AvgIpc) is 3.16. The number of aromatic nitrogens is 3. The summed E-state index contributed by atoms with van der Waals surface area (Å²) in [5.41, 5.74) is 2.92. The maximum Gasteiger partial charge on any atom is 0.226 e. The molecule has 1 aromatic heterocycles.